The molecule has 8 nitrogen and oxygen atoms in total. The van der Waals surface area contributed by atoms with Gasteiger partial charge in [0.1, 0.15) is 5.75 Å². The average molecular weight is 544 g/mol. The molecule has 1 saturated carbocycles. The maximum absolute atomic E-state index is 13.0. The van der Waals surface area contributed by atoms with Gasteiger partial charge in [0.05, 0.1) is 22.3 Å². The number of sulfone groups is 1. The molecule has 3 heterocycles. The number of benzene rings is 2. The zero-order valence-electron chi connectivity index (χ0n) is 22.1. The van der Waals surface area contributed by atoms with E-state index >= 15 is 0 Å². The van der Waals surface area contributed by atoms with Crippen LogP contribution in [0.4, 0.5) is 5.95 Å². The summed E-state index contributed by atoms with van der Waals surface area (Å²) in [6.07, 6.45) is 8.16. The van der Waals surface area contributed by atoms with E-state index in [4.69, 9.17) is 9.72 Å². The third-order valence-corrected chi connectivity index (χ3v) is 9.95. The van der Waals surface area contributed by atoms with E-state index in [0.717, 1.165) is 72.7 Å². The van der Waals surface area contributed by atoms with Gasteiger partial charge in [-0.25, -0.2) is 23.4 Å². The first-order valence-electron chi connectivity index (χ1n) is 13.6. The largest absolute Gasteiger partial charge is 0.437 e. The molecule has 2 N–H and O–H groups in total. The number of aromatic nitrogens is 3. The Morgan fingerprint density at radius 2 is 1.87 bits per heavy atom. The second-order valence-electron chi connectivity index (χ2n) is 10.5. The van der Waals surface area contributed by atoms with Crippen molar-refractivity contribution < 1.29 is 13.2 Å². The number of pyridine rings is 1. The molecule has 1 aliphatic heterocycles. The first-order chi connectivity index (χ1) is 19.0. The molecule has 2 aromatic carbocycles. The summed E-state index contributed by atoms with van der Waals surface area (Å²) in [5, 5.41) is 8.37. The van der Waals surface area contributed by atoms with Crippen LogP contribution in [0.3, 0.4) is 0 Å². The number of hydrogen-bond acceptors (Lipinski definition) is 8. The fraction of sp³-hybridized carbons (Fsp3) is 0.367. The summed E-state index contributed by atoms with van der Waals surface area (Å²) < 4.78 is 32.4. The van der Waals surface area contributed by atoms with Gasteiger partial charge in [-0.15, -0.1) is 0 Å². The highest BCUT2D eigenvalue weighted by molar-refractivity contribution is 7.91. The third-order valence-electron chi connectivity index (χ3n) is 7.75. The highest BCUT2D eigenvalue weighted by Gasteiger charge is 2.31. The monoisotopic (exact) mass is 543 g/mol. The summed E-state index contributed by atoms with van der Waals surface area (Å²) in [5.74, 6) is 1.72. The van der Waals surface area contributed by atoms with E-state index in [1.165, 1.54) is 0 Å². The SMILES string of the molecule is Cc1ccc2c(CS(=O)(=O)C3CCC3)cccc2c1Oc1ncccc1-c1ccnc(N[C@H]2CCCNC2)n1. The smallest absolute Gasteiger partial charge is 0.228 e. The number of fused-ring (bicyclic) bond motifs is 1. The fourth-order valence-electron chi connectivity index (χ4n) is 5.33. The molecule has 0 radical (unpaired) electrons. The second-order valence-corrected chi connectivity index (χ2v) is 12.8. The Morgan fingerprint density at radius 3 is 2.67 bits per heavy atom. The van der Waals surface area contributed by atoms with Crippen LogP contribution in [0.15, 0.2) is 60.9 Å². The van der Waals surface area contributed by atoms with Crippen molar-refractivity contribution in [1.82, 2.24) is 20.3 Å². The van der Waals surface area contributed by atoms with Crippen LogP contribution in [0.25, 0.3) is 22.0 Å². The lowest BCUT2D eigenvalue weighted by Crippen LogP contribution is -2.38. The van der Waals surface area contributed by atoms with Crippen LogP contribution in [0.1, 0.15) is 43.2 Å². The van der Waals surface area contributed by atoms with Crippen LogP contribution >= 0.6 is 0 Å². The Morgan fingerprint density at radius 1 is 0.974 bits per heavy atom. The molecule has 1 saturated heterocycles. The molecule has 9 heteroatoms. The van der Waals surface area contributed by atoms with Gasteiger partial charge in [0.15, 0.2) is 9.84 Å². The zero-order valence-corrected chi connectivity index (χ0v) is 22.9. The molecular weight excluding hydrogens is 510 g/mol. The molecule has 2 aromatic heterocycles. The number of anilines is 1. The molecule has 1 atom stereocenters. The number of hydrogen-bond donors (Lipinski definition) is 2. The van der Waals surface area contributed by atoms with Crippen molar-refractivity contribution in [3.05, 3.63) is 72.1 Å². The lowest BCUT2D eigenvalue weighted by atomic mass is 10.00. The van der Waals surface area contributed by atoms with Crippen LogP contribution in [-0.2, 0) is 15.6 Å². The Labute approximate surface area is 229 Å². The predicted octanol–water partition coefficient (Wildman–Crippen LogP) is 5.42. The summed E-state index contributed by atoms with van der Waals surface area (Å²) in [4.78, 5) is 13.8. The molecule has 2 aliphatic rings. The normalized spacial score (nSPS) is 18.0. The van der Waals surface area contributed by atoms with Gasteiger partial charge in [-0.2, -0.15) is 0 Å². The number of piperidine rings is 1. The lowest BCUT2D eigenvalue weighted by molar-refractivity contribution is 0.466. The van der Waals surface area contributed by atoms with Crippen molar-refractivity contribution in [3.8, 4) is 22.9 Å². The summed E-state index contributed by atoms with van der Waals surface area (Å²) >= 11 is 0. The van der Waals surface area contributed by atoms with Crippen LogP contribution in [0.2, 0.25) is 0 Å². The van der Waals surface area contributed by atoms with Crippen molar-refractivity contribution in [2.24, 2.45) is 0 Å². The maximum atomic E-state index is 13.0. The number of ether oxygens (including phenoxy) is 1. The molecule has 0 unspecified atom stereocenters. The number of aryl methyl sites for hydroxylation is 1. The second kappa shape index (κ2) is 10.9. The Kier molecular flexibility index (Phi) is 7.18. The zero-order chi connectivity index (χ0) is 26.8. The van der Waals surface area contributed by atoms with Crippen molar-refractivity contribution in [3.63, 3.8) is 0 Å². The maximum Gasteiger partial charge on any atom is 0.228 e. The van der Waals surface area contributed by atoms with Crippen molar-refractivity contribution in [1.29, 1.82) is 0 Å². The molecule has 6 rings (SSSR count). The molecule has 4 aromatic rings. The summed E-state index contributed by atoms with van der Waals surface area (Å²) in [6, 6.07) is 15.7. The standard InChI is InChI=1S/C30H33N5O3S/c1-20-12-13-24-21(19-39(36,37)23-8-3-9-23)6-2-10-25(24)28(20)38-29-26(11-5-16-32-29)27-14-17-33-30(35-27)34-22-7-4-15-31-18-22/h2,5-6,10-14,16-17,22-23,31H,3-4,7-9,15,18-19H2,1H3,(H,33,34,35)/t22-/m0/s1. The minimum Gasteiger partial charge on any atom is -0.437 e. The minimum atomic E-state index is -3.18. The van der Waals surface area contributed by atoms with Gasteiger partial charge >= 0.3 is 0 Å². The highest BCUT2D eigenvalue weighted by Crippen LogP contribution is 2.38. The van der Waals surface area contributed by atoms with Gasteiger partial charge in [0.25, 0.3) is 0 Å². The average Bonchev–Trinajstić information content (AvgIpc) is 2.90. The van der Waals surface area contributed by atoms with E-state index in [0.29, 0.717) is 29.3 Å². The third kappa shape index (κ3) is 5.46. The van der Waals surface area contributed by atoms with Crippen LogP contribution < -0.4 is 15.4 Å². The summed E-state index contributed by atoms with van der Waals surface area (Å²) in [6.45, 7) is 3.92. The van der Waals surface area contributed by atoms with Gasteiger partial charge in [0, 0.05) is 30.4 Å². The lowest BCUT2D eigenvalue weighted by Gasteiger charge is -2.25. The quantitative estimate of drug-likeness (QED) is 0.303. The van der Waals surface area contributed by atoms with Gasteiger partial charge in [-0.3, -0.25) is 0 Å². The molecule has 202 valence electrons. The fourth-order valence-corrected chi connectivity index (χ4v) is 7.30. The molecule has 1 aliphatic carbocycles. The predicted molar refractivity (Wildman–Crippen MR) is 154 cm³/mol. The van der Waals surface area contributed by atoms with Crippen molar-refractivity contribution in [2.75, 3.05) is 18.4 Å². The topological polar surface area (TPSA) is 106 Å². The van der Waals surface area contributed by atoms with E-state index in [-0.39, 0.29) is 11.0 Å². The van der Waals surface area contributed by atoms with Gasteiger partial charge in [0.2, 0.25) is 11.8 Å². The Bertz CT molecular complexity index is 1600. The molecule has 0 spiro atoms. The highest BCUT2D eigenvalue weighted by atomic mass is 32.2. The van der Waals surface area contributed by atoms with Crippen molar-refractivity contribution >= 4 is 26.6 Å². The van der Waals surface area contributed by atoms with Crippen molar-refractivity contribution in [2.45, 2.75) is 56.1 Å². The number of rotatable bonds is 8. The molecule has 0 amide bonds. The first kappa shape index (κ1) is 25.7. The number of nitrogens with zero attached hydrogens (tertiary/aromatic N) is 3. The van der Waals surface area contributed by atoms with E-state index < -0.39 is 9.84 Å². The van der Waals surface area contributed by atoms with E-state index in [1.54, 1.807) is 12.4 Å². The Hall–Kier alpha value is -3.56. The number of nitrogens with one attached hydrogen (secondary N) is 2. The molecule has 2 fully saturated rings. The van der Waals surface area contributed by atoms with Gasteiger partial charge in [-0.1, -0.05) is 36.8 Å². The molecular formula is C30H33N5O3S. The van der Waals surface area contributed by atoms with E-state index in [2.05, 4.69) is 20.6 Å². The van der Waals surface area contributed by atoms with Crippen LogP contribution in [-0.4, -0.2) is 47.8 Å². The summed E-state index contributed by atoms with van der Waals surface area (Å²) in [7, 11) is -3.18. The van der Waals surface area contributed by atoms with Gasteiger partial charge in [-0.05, 0) is 73.9 Å². The molecule has 39 heavy (non-hydrogen) atoms. The molecule has 0 bridgehead atoms. The van der Waals surface area contributed by atoms with Crippen LogP contribution in [0, 0.1) is 6.92 Å². The Balaban J connectivity index is 1.32. The van der Waals surface area contributed by atoms with E-state index in [9.17, 15) is 8.42 Å². The van der Waals surface area contributed by atoms with Gasteiger partial charge < -0.3 is 15.4 Å². The first-order valence-corrected chi connectivity index (χ1v) is 15.4. The summed E-state index contributed by atoms with van der Waals surface area (Å²) in [5.41, 5.74) is 3.21. The minimum absolute atomic E-state index is 0.0412. The van der Waals surface area contributed by atoms with Crippen LogP contribution in [0.5, 0.6) is 11.6 Å². The van der Waals surface area contributed by atoms with E-state index in [1.807, 2.05) is 55.5 Å².